The zero-order valence-electron chi connectivity index (χ0n) is 17.1. The lowest BCUT2D eigenvalue weighted by Crippen LogP contribution is -2.60. The minimum Gasteiger partial charge on any atom is -0.459 e. The first-order valence-corrected chi connectivity index (χ1v) is 9.66. The number of carbonyl (C=O) groups is 2. The molecular formula is C21H23N3O7. The molecular weight excluding hydrogens is 406 g/mol. The molecule has 31 heavy (non-hydrogen) atoms. The predicted molar refractivity (Wildman–Crippen MR) is 109 cm³/mol. The largest absolute Gasteiger partial charge is 0.459 e. The zero-order valence-corrected chi connectivity index (χ0v) is 17.1. The molecule has 0 amide bonds. The molecule has 2 aromatic carbocycles. The smallest absolute Gasteiger partial charge is 0.304 e. The molecule has 0 aliphatic carbocycles. The third-order valence-corrected chi connectivity index (χ3v) is 4.78. The molecule has 2 aromatic rings. The van der Waals surface area contributed by atoms with Gasteiger partial charge >= 0.3 is 11.9 Å². The van der Waals surface area contributed by atoms with Crippen LogP contribution < -0.4 is 0 Å². The number of benzene rings is 2. The Morgan fingerprint density at radius 3 is 2.52 bits per heavy atom. The summed E-state index contributed by atoms with van der Waals surface area (Å²) >= 11 is 0. The molecule has 0 spiro atoms. The summed E-state index contributed by atoms with van der Waals surface area (Å²) < 4.78 is 21.5. The maximum Gasteiger partial charge on any atom is 0.304 e. The van der Waals surface area contributed by atoms with Crippen molar-refractivity contribution in [3.8, 4) is 0 Å². The minimum absolute atomic E-state index is 0.0769. The van der Waals surface area contributed by atoms with Crippen LogP contribution in [0.2, 0.25) is 0 Å². The van der Waals surface area contributed by atoms with Crippen molar-refractivity contribution >= 4 is 22.7 Å². The molecule has 1 fully saturated rings. The van der Waals surface area contributed by atoms with Crippen LogP contribution in [0, 0.1) is 0 Å². The molecule has 1 aliphatic heterocycles. The molecule has 1 saturated heterocycles. The van der Waals surface area contributed by atoms with E-state index in [9.17, 15) is 14.7 Å². The van der Waals surface area contributed by atoms with Gasteiger partial charge in [-0.1, -0.05) is 41.5 Å². The molecule has 1 N–H and O–H groups in total. The third kappa shape index (κ3) is 5.71. The topological polar surface area (TPSA) is 140 Å². The second-order valence-corrected chi connectivity index (χ2v) is 7.11. The van der Waals surface area contributed by atoms with Crippen molar-refractivity contribution in [3.63, 3.8) is 0 Å². The van der Waals surface area contributed by atoms with Gasteiger partial charge in [-0.3, -0.25) is 9.59 Å². The highest BCUT2D eigenvalue weighted by Crippen LogP contribution is 2.28. The SMILES string of the molecule is CC(=O)OC1O[C@H](COCc2ccc3ccccc3c2)[C@@H](O)[C@H](OC(C)=O)[C@H]1N=[N+]=[N-]. The summed E-state index contributed by atoms with van der Waals surface area (Å²) in [4.78, 5) is 25.6. The molecule has 1 unspecified atom stereocenters. The number of carbonyl (C=O) groups excluding carboxylic acids is 2. The maximum absolute atomic E-state index is 11.5. The average molecular weight is 429 g/mol. The van der Waals surface area contributed by atoms with Gasteiger partial charge in [0.2, 0.25) is 6.29 Å². The number of aliphatic hydroxyl groups excluding tert-OH is 1. The number of nitrogens with zero attached hydrogens (tertiary/aromatic N) is 3. The van der Waals surface area contributed by atoms with E-state index >= 15 is 0 Å². The fourth-order valence-corrected chi connectivity index (χ4v) is 3.43. The summed E-state index contributed by atoms with van der Waals surface area (Å²) in [6.45, 7) is 2.48. The van der Waals surface area contributed by atoms with Gasteiger partial charge in [0.25, 0.3) is 0 Å². The first-order valence-electron chi connectivity index (χ1n) is 9.66. The van der Waals surface area contributed by atoms with Gasteiger partial charge in [-0.2, -0.15) is 0 Å². The molecule has 0 aromatic heterocycles. The van der Waals surface area contributed by atoms with Gasteiger partial charge in [0.15, 0.2) is 0 Å². The molecule has 10 nitrogen and oxygen atoms in total. The third-order valence-electron chi connectivity index (χ3n) is 4.78. The van der Waals surface area contributed by atoms with Crippen molar-refractivity contribution in [3.05, 3.63) is 58.5 Å². The fourth-order valence-electron chi connectivity index (χ4n) is 3.43. The molecule has 0 saturated carbocycles. The number of ether oxygens (including phenoxy) is 4. The van der Waals surface area contributed by atoms with Crippen LogP contribution in [0.4, 0.5) is 0 Å². The lowest BCUT2D eigenvalue weighted by Gasteiger charge is -2.41. The highest BCUT2D eigenvalue weighted by Gasteiger charge is 2.48. The number of rotatable bonds is 7. The van der Waals surface area contributed by atoms with Crippen LogP contribution in [-0.4, -0.2) is 54.3 Å². The summed E-state index contributed by atoms with van der Waals surface area (Å²) in [5.41, 5.74) is 9.75. The number of azide groups is 1. The first-order chi connectivity index (χ1) is 14.9. The Balaban J connectivity index is 1.71. The van der Waals surface area contributed by atoms with Gasteiger partial charge in [0, 0.05) is 18.8 Å². The Bertz CT molecular complexity index is 992. The van der Waals surface area contributed by atoms with Crippen molar-refractivity contribution < 1.29 is 33.6 Å². The quantitative estimate of drug-likeness (QED) is 0.309. The van der Waals surface area contributed by atoms with Gasteiger partial charge in [-0.25, -0.2) is 0 Å². The Kier molecular flexibility index (Phi) is 7.43. The lowest BCUT2D eigenvalue weighted by atomic mass is 9.97. The summed E-state index contributed by atoms with van der Waals surface area (Å²) in [5, 5.41) is 16.3. The van der Waals surface area contributed by atoms with Crippen molar-refractivity contribution in [2.75, 3.05) is 6.61 Å². The number of hydrogen-bond acceptors (Lipinski definition) is 8. The van der Waals surface area contributed by atoms with Crippen molar-refractivity contribution in [2.45, 2.75) is 51.1 Å². The van der Waals surface area contributed by atoms with Crippen LogP contribution >= 0.6 is 0 Å². The second-order valence-electron chi connectivity index (χ2n) is 7.11. The Labute approximate surface area is 178 Å². The van der Waals surface area contributed by atoms with E-state index in [0.29, 0.717) is 0 Å². The molecule has 0 radical (unpaired) electrons. The monoisotopic (exact) mass is 429 g/mol. The number of hydrogen-bond donors (Lipinski definition) is 1. The van der Waals surface area contributed by atoms with E-state index < -0.39 is 42.6 Å². The van der Waals surface area contributed by atoms with Crippen molar-refractivity contribution in [1.82, 2.24) is 0 Å². The number of esters is 2. The molecule has 164 valence electrons. The van der Waals surface area contributed by atoms with Gasteiger partial charge in [0.1, 0.15) is 24.4 Å². The van der Waals surface area contributed by atoms with E-state index in [1.54, 1.807) is 0 Å². The van der Waals surface area contributed by atoms with Gasteiger partial charge in [-0.05, 0) is 27.9 Å². The molecule has 0 bridgehead atoms. The van der Waals surface area contributed by atoms with Crippen molar-refractivity contribution in [2.24, 2.45) is 5.11 Å². The zero-order chi connectivity index (χ0) is 22.4. The van der Waals surface area contributed by atoms with Gasteiger partial charge in [-0.15, -0.1) is 0 Å². The van der Waals surface area contributed by atoms with Crippen LogP contribution in [-0.2, 0) is 35.1 Å². The Hall–Kier alpha value is -3.17. The maximum atomic E-state index is 11.5. The second kappa shape index (κ2) is 10.2. The highest BCUT2D eigenvalue weighted by atomic mass is 16.7. The summed E-state index contributed by atoms with van der Waals surface area (Å²) in [7, 11) is 0. The van der Waals surface area contributed by atoms with Gasteiger partial charge in [0.05, 0.1) is 13.2 Å². The first kappa shape index (κ1) is 22.5. The van der Waals surface area contributed by atoms with E-state index in [-0.39, 0.29) is 13.2 Å². The number of fused-ring (bicyclic) bond motifs is 1. The van der Waals surface area contributed by atoms with Gasteiger partial charge < -0.3 is 24.1 Å². The molecule has 5 atom stereocenters. The molecule has 1 heterocycles. The molecule has 10 heteroatoms. The Morgan fingerprint density at radius 2 is 1.84 bits per heavy atom. The Morgan fingerprint density at radius 1 is 1.13 bits per heavy atom. The molecule has 1 aliphatic rings. The van der Waals surface area contributed by atoms with Crippen LogP contribution in [0.5, 0.6) is 0 Å². The summed E-state index contributed by atoms with van der Waals surface area (Å²) in [6, 6.07) is 12.6. The van der Waals surface area contributed by atoms with E-state index in [0.717, 1.165) is 30.2 Å². The lowest BCUT2D eigenvalue weighted by molar-refractivity contribution is -0.264. The standard InChI is InChI=1S/C21H23N3O7/c1-12(25)29-20-18(23-24-22)21(30-13(2)26)31-17(19(20)27)11-28-10-14-7-8-15-5-3-4-6-16(15)9-14/h3-9,17-21,27H,10-11H2,1-2H3/t17-,18-,19-,20-,21?/m1/s1. The van der Waals surface area contributed by atoms with Crippen molar-refractivity contribution in [1.29, 1.82) is 0 Å². The number of aliphatic hydroxyl groups is 1. The molecule has 3 rings (SSSR count). The fraction of sp³-hybridized carbons (Fsp3) is 0.429. The van der Waals surface area contributed by atoms with E-state index in [2.05, 4.69) is 10.0 Å². The van der Waals surface area contributed by atoms with Crippen LogP contribution in [0.15, 0.2) is 47.6 Å². The van der Waals surface area contributed by atoms with E-state index in [4.69, 9.17) is 24.5 Å². The van der Waals surface area contributed by atoms with Crippen LogP contribution in [0.25, 0.3) is 21.2 Å². The van der Waals surface area contributed by atoms with E-state index in [1.807, 2.05) is 42.5 Å². The van der Waals surface area contributed by atoms with Crippen LogP contribution in [0.3, 0.4) is 0 Å². The summed E-state index contributed by atoms with van der Waals surface area (Å²) in [6.07, 6.45) is -4.95. The average Bonchev–Trinajstić information content (AvgIpc) is 2.73. The minimum atomic E-state index is -1.36. The highest BCUT2D eigenvalue weighted by molar-refractivity contribution is 5.82. The summed E-state index contributed by atoms with van der Waals surface area (Å²) in [5.74, 6) is -1.38. The van der Waals surface area contributed by atoms with E-state index in [1.165, 1.54) is 0 Å². The normalized spacial score (nSPS) is 25.5. The predicted octanol–water partition coefficient (Wildman–Crippen LogP) is 2.62. The van der Waals surface area contributed by atoms with Crippen LogP contribution in [0.1, 0.15) is 19.4 Å².